The van der Waals surface area contributed by atoms with Crippen molar-refractivity contribution in [2.75, 3.05) is 31.7 Å². The normalized spacial score (nSPS) is 22.0. The van der Waals surface area contributed by atoms with E-state index in [0.717, 1.165) is 49.0 Å². The van der Waals surface area contributed by atoms with E-state index in [1.54, 1.807) is 7.11 Å². The molecule has 1 unspecified atom stereocenters. The van der Waals surface area contributed by atoms with Gasteiger partial charge in [0.05, 0.1) is 13.7 Å². The van der Waals surface area contributed by atoms with Crippen LogP contribution in [0.1, 0.15) is 26.2 Å². The average molecular weight is 300 g/mol. The summed E-state index contributed by atoms with van der Waals surface area (Å²) in [6.45, 7) is 4.36. The van der Waals surface area contributed by atoms with Crippen molar-refractivity contribution < 1.29 is 9.84 Å². The molecule has 2 aromatic rings. The molecule has 1 aliphatic rings. The van der Waals surface area contributed by atoms with Gasteiger partial charge in [0.1, 0.15) is 11.3 Å². The van der Waals surface area contributed by atoms with Gasteiger partial charge in [-0.3, -0.25) is 4.98 Å². The minimum Gasteiger partial charge on any atom is -0.494 e. The van der Waals surface area contributed by atoms with Crippen LogP contribution >= 0.6 is 0 Å². The summed E-state index contributed by atoms with van der Waals surface area (Å²) in [6.07, 6.45) is 5.07. The molecule has 118 valence electrons. The Morgan fingerprint density at radius 1 is 1.36 bits per heavy atom. The molecule has 0 bridgehead atoms. The molecule has 1 aromatic heterocycles. The lowest BCUT2D eigenvalue weighted by Crippen LogP contribution is -2.45. The Bertz CT molecular complexity index is 653. The Morgan fingerprint density at radius 2 is 2.23 bits per heavy atom. The first-order valence-corrected chi connectivity index (χ1v) is 8.00. The zero-order chi connectivity index (χ0) is 15.6. The molecule has 4 heteroatoms. The van der Waals surface area contributed by atoms with Gasteiger partial charge in [-0.2, -0.15) is 0 Å². The molecule has 2 heterocycles. The van der Waals surface area contributed by atoms with Gasteiger partial charge in [0.25, 0.3) is 0 Å². The third kappa shape index (κ3) is 2.52. The van der Waals surface area contributed by atoms with Crippen molar-refractivity contribution in [2.24, 2.45) is 5.41 Å². The molecular weight excluding hydrogens is 276 g/mol. The number of nitrogens with zero attached hydrogens (tertiary/aromatic N) is 2. The van der Waals surface area contributed by atoms with E-state index in [9.17, 15) is 5.11 Å². The summed E-state index contributed by atoms with van der Waals surface area (Å²) in [5.74, 6) is 0.806. The van der Waals surface area contributed by atoms with Crippen molar-refractivity contribution in [3.63, 3.8) is 0 Å². The van der Waals surface area contributed by atoms with Crippen LogP contribution in [0.5, 0.6) is 5.75 Å². The molecule has 0 aliphatic carbocycles. The molecule has 1 N–H and O–H groups in total. The molecule has 4 nitrogen and oxygen atoms in total. The third-order valence-corrected chi connectivity index (χ3v) is 5.02. The highest BCUT2D eigenvalue weighted by Gasteiger charge is 2.33. The molecule has 1 saturated heterocycles. The summed E-state index contributed by atoms with van der Waals surface area (Å²) in [5, 5.41) is 11.0. The van der Waals surface area contributed by atoms with Crippen LogP contribution in [0.4, 0.5) is 5.69 Å². The van der Waals surface area contributed by atoms with Crippen LogP contribution in [0.15, 0.2) is 30.5 Å². The smallest absolute Gasteiger partial charge is 0.145 e. The number of para-hydroxylation sites is 1. The minimum atomic E-state index is 0.0205. The van der Waals surface area contributed by atoms with Gasteiger partial charge in [0.15, 0.2) is 0 Å². The van der Waals surface area contributed by atoms with Crippen LogP contribution in [-0.4, -0.2) is 36.9 Å². The fourth-order valence-corrected chi connectivity index (χ4v) is 3.52. The summed E-state index contributed by atoms with van der Waals surface area (Å²) >= 11 is 0. The van der Waals surface area contributed by atoms with E-state index in [0.29, 0.717) is 0 Å². The summed E-state index contributed by atoms with van der Waals surface area (Å²) in [7, 11) is 1.68. The molecule has 1 atom stereocenters. The van der Waals surface area contributed by atoms with Crippen molar-refractivity contribution in [1.29, 1.82) is 0 Å². The predicted molar refractivity (Wildman–Crippen MR) is 89.6 cm³/mol. The lowest BCUT2D eigenvalue weighted by Gasteiger charge is -2.42. The first-order valence-electron chi connectivity index (χ1n) is 8.00. The number of ether oxygens (including phenoxy) is 1. The fraction of sp³-hybridized carbons (Fsp3) is 0.500. The van der Waals surface area contributed by atoms with Crippen molar-refractivity contribution in [2.45, 2.75) is 26.2 Å². The van der Waals surface area contributed by atoms with E-state index in [-0.39, 0.29) is 12.0 Å². The molecule has 0 spiro atoms. The molecule has 1 fully saturated rings. The van der Waals surface area contributed by atoms with Crippen LogP contribution in [0.3, 0.4) is 0 Å². The first-order chi connectivity index (χ1) is 10.7. The van der Waals surface area contributed by atoms with Gasteiger partial charge in [0, 0.05) is 35.8 Å². The standard InChI is InChI=1S/C18H24N2O2/c1-3-18(13-21)9-5-11-20(12-18)15-8-10-19-17-14(15)6-4-7-16(17)22-2/h4,6-8,10,21H,3,5,9,11-13H2,1-2H3. The SMILES string of the molecule is CCC1(CO)CCCN(c2ccnc3c(OC)cccc23)C1. The van der Waals surface area contributed by atoms with E-state index in [1.165, 1.54) is 5.69 Å². The monoisotopic (exact) mass is 300 g/mol. The Morgan fingerprint density at radius 3 is 2.95 bits per heavy atom. The molecule has 0 radical (unpaired) electrons. The number of rotatable bonds is 4. The number of aromatic nitrogens is 1. The highest BCUT2D eigenvalue weighted by molar-refractivity contribution is 5.95. The zero-order valence-electron chi connectivity index (χ0n) is 13.4. The Kier molecular flexibility index (Phi) is 4.21. The number of anilines is 1. The topological polar surface area (TPSA) is 45.6 Å². The number of hydrogen-bond donors (Lipinski definition) is 1. The molecule has 0 amide bonds. The predicted octanol–water partition coefficient (Wildman–Crippen LogP) is 3.23. The molecule has 3 rings (SSSR count). The second-order valence-corrected chi connectivity index (χ2v) is 6.22. The summed E-state index contributed by atoms with van der Waals surface area (Å²) in [4.78, 5) is 6.88. The van der Waals surface area contributed by atoms with Crippen LogP contribution < -0.4 is 9.64 Å². The summed E-state index contributed by atoms with van der Waals surface area (Å²) in [5.41, 5.74) is 2.11. The van der Waals surface area contributed by atoms with Gasteiger partial charge >= 0.3 is 0 Å². The van der Waals surface area contributed by atoms with E-state index in [2.05, 4.69) is 28.9 Å². The second-order valence-electron chi connectivity index (χ2n) is 6.22. The van der Waals surface area contributed by atoms with Crippen LogP contribution in [0.25, 0.3) is 10.9 Å². The average Bonchev–Trinajstić information content (AvgIpc) is 2.60. The Hall–Kier alpha value is -1.81. The van der Waals surface area contributed by atoms with Crippen molar-refractivity contribution in [3.8, 4) is 5.75 Å². The van der Waals surface area contributed by atoms with Gasteiger partial charge < -0.3 is 14.7 Å². The molecule has 1 aliphatic heterocycles. The third-order valence-electron chi connectivity index (χ3n) is 5.02. The lowest BCUT2D eigenvalue weighted by molar-refractivity contribution is 0.101. The maximum absolute atomic E-state index is 9.84. The summed E-state index contributed by atoms with van der Waals surface area (Å²) in [6, 6.07) is 8.13. The van der Waals surface area contributed by atoms with Crippen LogP contribution in [0, 0.1) is 5.41 Å². The molecular formula is C18H24N2O2. The van der Waals surface area contributed by atoms with Crippen molar-refractivity contribution in [1.82, 2.24) is 4.98 Å². The van der Waals surface area contributed by atoms with Crippen molar-refractivity contribution >= 4 is 16.6 Å². The number of hydrogen-bond acceptors (Lipinski definition) is 4. The number of methoxy groups -OCH3 is 1. The maximum atomic E-state index is 9.84. The lowest BCUT2D eigenvalue weighted by atomic mass is 9.78. The largest absolute Gasteiger partial charge is 0.494 e. The quantitative estimate of drug-likeness (QED) is 0.941. The van der Waals surface area contributed by atoms with Crippen LogP contribution in [-0.2, 0) is 0 Å². The highest BCUT2D eigenvalue weighted by atomic mass is 16.5. The maximum Gasteiger partial charge on any atom is 0.145 e. The Balaban J connectivity index is 2.03. The number of piperidine rings is 1. The number of aliphatic hydroxyl groups excluding tert-OH is 1. The first kappa shape index (κ1) is 15.1. The van der Waals surface area contributed by atoms with Gasteiger partial charge in [-0.1, -0.05) is 19.1 Å². The molecule has 1 aromatic carbocycles. The number of benzene rings is 1. The van der Waals surface area contributed by atoms with Gasteiger partial charge in [-0.15, -0.1) is 0 Å². The summed E-state index contributed by atoms with van der Waals surface area (Å²) < 4.78 is 5.43. The Labute approximate surface area is 131 Å². The van der Waals surface area contributed by atoms with Gasteiger partial charge in [-0.05, 0) is 31.4 Å². The molecule has 22 heavy (non-hydrogen) atoms. The van der Waals surface area contributed by atoms with E-state index >= 15 is 0 Å². The zero-order valence-corrected chi connectivity index (χ0v) is 13.4. The van der Waals surface area contributed by atoms with Gasteiger partial charge in [0.2, 0.25) is 0 Å². The second kappa shape index (κ2) is 6.13. The van der Waals surface area contributed by atoms with E-state index in [4.69, 9.17) is 4.74 Å². The van der Waals surface area contributed by atoms with Crippen molar-refractivity contribution in [3.05, 3.63) is 30.5 Å². The van der Waals surface area contributed by atoms with Crippen LogP contribution in [0.2, 0.25) is 0 Å². The minimum absolute atomic E-state index is 0.0205. The highest BCUT2D eigenvalue weighted by Crippen LogP contribution is 2.38. The molecule has 0 saturated carbocycles. The van der Waals surface area contributed by atoms with E-state index < -0.39 is 0 Å². The number of fused-ring (bicyclic) bond motifs is 1. The number of aliphatic hydroxyl groups is 1. The number of pyridine rings is 1. The van der Waals surface area contributed by atoms with E-state index in [1.807, 2.05) is 18.3 Å². The fourth-order valence-electron chi connectivity index (χ4n) is 3.52. The van der Waals surface area contributed by atoms with Gasteiger partial charge in [-0.25, -0.2) is 0 Å².